The molecule has 0 aliphatic carbocycles. The number of methoxy groups -OCH3 is 1. The number of rotatable bonds is 9. The van der Waals surface area contributed by atoms with E-state index in [1.54, 1.807) is 0 Å². The van der Waals surface area contributed by atoms with Crippen LogP contribution in [0, 0.1) is 0 Å². The molecule has 0 spiro atoms. The molecular weight excluding hydrogens is 244 g/mol. The number of carbonyl (C=O) groups excluding carboxylic acids is 1. The molecule has 0 saturated heterocycles. The van der Waals surface area contributed by atoms with Gasteiger partial charge < -0.3 is 20.5 Å². The molecule has 0 aliphatic rings. The Hall–Kier alpha value is -1.43. The van der Waals surface area contributed by atoms with Crippen molar-refractivity contribution >= 4 is 5.91 Å². The van der Waals surface area contributed by atoms with Gasteiger partial charge in [0.2, 0.25) is 5.91 Å². The van der Waals surface area contributed by atoms with E-state index in [4.69, 9.17) is 15.2 Å². The Kier molecular flexibility index (Phi) is 7.81. The fourth-order valence-electron chi connectivity index (χ4n) is 1.54. The molecule has 0 bridgehead atoms. The van der Waals surface area contributed by atoms with E-state index in [1.807, 2.05) is 30.3 Å². The van der Waals surface area contributed by atoms with Gasteiger partial charge >= 0.3 is 0 Å². The van der Waals surface area contributed by atoms with Gasteiger partial charge in [-0.3, -0.25) is 4.79 Å². The Morgan fingerprint density at radius 2 is 2.11 bits per heavy atom. The lowest BCUT2D eigenvalue weighted by molar-refractivity contribution is -0.123. The van der Waals surface area contributed by atoms with E-state index >= 15 is 0 Å². The molecule has 19 heavy (non-hydrogen) atoms. The van der Waals surface area contributed by atoms with Crippen LogP contribution >= 0.6 is 0 Å². The van der Waals surface area contributed by atoms with Crippen molar-refractivity contribution in [3.05, 3.63) is 35.9 Å². The van der Waals surface area contributed by atoms with Crippen molar-refractivity contribution in [2.24, 2.45) is 5.73 Å². The number of ether oxygens (including phenoxy) is 2. The van der Waals surface area contributed by atoms with Crippen LogP contribution in [0.25, 0.3) is 0 Å². The number of nitrogens with two attached hydrogens (primary N) is 1. The Morgan fingerprint density at radius 3 is 2.79 bits per heavy atom. The monoisotopic (exact) mass is 266 g/mol. The summed E-state index contributed by atoms with van der Waals surface area (Å²) in [5, 5.41) is 2.74. The zero-order valence-electron chi connectivity index (χ0n) is 11.3. The highest BCUT2D eigenvalue weighted by Gasteiger charge is 2.11. The maximum atomic E-state index is 11.4. The highest BCUT2D eigenvalue weighted by atomic mass is 16.5. The summed E-state index contributed by atoms with van der Waals surface area (Å²) in [6, 6.07) is 9.38. The van der Waals surface area contributed by atoms with Crippen molar-refractivity contribution in [3.8, 4) is 0 Å². The fraction of sp³-hybridized carbons (Fsp3) is 0.500. The number of amides is 1. The molecule has 1 aromatic rings. The van der Waals surface area contributed by atoms with Crippen molar-refractivity contribution in [3.63, 3.8) is 0 Å². The van der Waals surface area contributed by atoms with E-state index < -0.39 is 6.04 Å². The summed E-state index contributed by atoms with van der Waals surface area (Å²) in [5.41, 5.74) is 6.72. The zero-order valence-corrected chi connectivity index (χ0v) is 11.3. The van der Waals surface area contributed by atoms with E-state index in [0.717, 1.165) is 12.0 Å². The van der Waals surface area contributed by atoms with Crippen molar-refractivity contribution < 1.29 is 14.3 Å². The maximum Gasteiger partial charge on any atom is 0.239 e. The molecule has 1 amide bonds. The number of hydrogen-bond donors (Lipinski definition) is 2. The SMILES string of the molecule is COCC(N)C(=O)NCCCOCc1ccccc1. The molecule has 1 atom stereocenters. The first kappa shape index (κ1) is 15.6. The summed E-state index contributed by atoms with van der Waals surface area (Å²) in [4.78, 5) is 11.4. The Labute approximate surface area is 114 Å². The van der Waals surface area contributed by atoms with Crippen molar-refractivity contribution in [1.82, 2.24) is 5.32 Å². The van der Waals surface area contributed by atoms with Crippen LogP contribution in [0.15, 0.2) is 30.3 Å². The smallest absolute Gasteiger partial charge is 0.239 e. The van der Waals surface area contributed by atoms with Gasteiger partial charge in [0, 0.05) is 20.3 Å². The van der Waals surface area contributed by atoms with Gasteiger partial charge in [0.1, 0.15) is 6.04 Å². The molecular formula is C14H22N2O3. The van der Waals surface area contributed by atoms with Crippen LogP contribution in [0.2, 0.25) is 0 Å². The van der Waals surface area contributed by atoms with Crippen molar-refractivity contribution in [2.45, 2.75) is 19.1 Å². The van der Waals surface area contributed by atoms with Gasteiger partial charge in [-0.2, -0.15) is 0 Å². The van der Waals surface area contributed by atoms with Gasteiger partial charge in [0.05, 0.1) is 13.2 Å². The molecule has 0 heterocycles. The molecule has 1 unspecified atom stereocenters. The van der Waals surface area contributed by atoms with E-state index in [-0.39, 0.29) is 12.5 Å². The second-order valence-electron chi connectivity index (χ2n) is 4.24. The number of nitrogens with one attached hydrogen (secondary N) is 1. The molecule has 1 rings (SSSR count). The molecule has 0 saturated carbocycles. The van der Waals surface area contributed by atoms with Gasteiger partial charge in [-0.05, 0) is 12.0 Å². The maximum absolute atomic E-state index is 11.4. The number of carbonyl (C=O) groups is 1. The molecule has 3 N–H and O–H groups in total. The first-order chi connectivity index (χ1) is 9.24. The third-order valence-electron chi connectivity index (χ3n) is 2.56. The lowest BCUT2D eigenvalue weighted by atomic mass is 10.2. The van der Waals surface area contributed by atoms with E-state index in [9.17, 15) is 4.79 Å². The molecule has 0 radical (unpaired) electrons. The summed E-state index contributed by atoms with van der Waals surface area (Å²) in [7, 11) is 1.52. The molecule has 0 aliphatic heterocycles. The minimum Gasteiger partial charge on any atom is -0.383 e. The fourth-order valence-corrected chi connectivity index (χ4v) is 1.54. The molecule has 0 fully saturated rings. The standard InChI is InChI=1S/C14H22N2O3/c1-18-11-13(15)14(17)16-8-5-9-19-10-12-6-3-2-4-7-12/h2-4,6-7,13H,5,8-11,15H2,1H3,(H,16,17). The average molecular weight is 266 g/mol. The predicted octanol–water partition coefficient (Wildman–Crippen LogP) is 0.683. The van der Waals surface area contributed by atoms with Gasteiger partial charge in [0.25, 0.3) is 0 Å². The van der Waals surface area contributed by atoms with Crippen LogP contribution in [0.3, 0.4) is 0 Å². The second-order valence-corrected chi connectivity index (χ2v) is 4.24. The zero-order chi connectivity index (χ0) is 13.9. The third-order valence-corrected chi connectivity index (χ3v) is 2.56. The Bertz CT molecular complexity index is 357. The highest BCUT2D eigenvalue weighted by molar-refractivity contribution is 5.81. The van der Waals surface area contributed by atoms with Crippen LogP contribution < -0.4 is 11.1 Å². The third kappa shape index (κ3) is 6.91. The van der Waals surface area contributed by atoms with Crippen molar-refractivity contribution in [1.29, 1.82) is 0 Å². The second kappa shape index (κ2) is 9.49. The van der Waals surface area contributed by atoms with Crippen LogP contribution in [-0.2, 0) is 20.9 Å². The Morgan fingerprint density at radius 1 is 1.37 bits per heavy atom. The average Bonchev–Trinajstić information content (AvgIpc) is 2.43. The minimum atomic E-state index is -0.602. The lowest BCUT2D eigenvalue weighted by Crippen LogP contribution is -2.43. The summed E-state index contributed by atoms with van der Waals surface area (Å²) >= 11 is 0. The highest BCUT2D eigenvalue weighted by Crippen LogP contribution is 2.00. The topological polar surface area (TPSA) is 73.6 Å². The predicted molar refractivity (Wildman–Crippen MR) is 73.6 cm³/mol. The quantitative estimate of drug-likeness (QED) is 0.645. The van der Waals surface area contributed by atoms with E-state index in [2.05, 4.69) is 5.32 Å². The van der Waals surface area contributed by atoms with Gasteiger partial charge in [-0.25, -0.2) is 0 Å². The van der Waals surface area contributed by atoms with Gasteiger partial charge in [0.15, 0.2) is 0 Å². The summed E-state index contributed by atoms with van der Waals surface area (Å²) < 4.78 is 10.3. The van der Waals surface area contributed by atoms with Crippen molar-refractivity contribution in [2.75, 3.05) is 26.9 Å². The first-order valence-corrected chi connectivity index (χ1v) is 6.38. The number of benzene rings is 1. The first-order valence-electron chi connectivity index (χ1n) is 6.38. The Balaban J connectivity index is 2.01. The van der Waals surface area contributed by atoms with Gasteiger partial charge in [-0.15, -0.1) is 0 Å². The van der Waals surface area contributed by atoms with E-state index in [0.29, 0.717) is 19.8 Å². The lowest BCUT2D eigenvalue weighted by Gasteiger charge is -2.11. The van der Waals surface area contributed by atoms with E-state index in [1.165, 1.54) is 7.11 Å². The summed E-state index contributed by atoms with van der Waals surface area (Å²) in [5.74, 6) is -0.190. The molecule has 1 aromatic carbocycles. The minimum absolute atomic E-state index is 0.190. The summed E-state index contributed by atoms with van der Waals surface area (Å²) in [6.45, 7) is 1.99. The molecule has 5 heteroatoms. The molecule has 0 aromatic heterocycles. The summed E-state index contributed by atoms with van der Waals surface area (Å²) in [6.07, 6.45) is 0.762. The van der Waals surface area contributed by atoms with Crippen LogP contribution in [0.4, 0.5) is 0 Å². The van der Waals surface area contributed by atoms with Crippen LogP contribution in [-0.4, -0.2) is 38.8 Å². The van der Waals surface area contributed by atoms with Crippen LogP contribution in [0.5, 0.6) is 0 Å². The van der Waals surface area contributed by atoms with Crippen LogP contribution in [0.1, 0.15) is 12.0 Å². The number of hydrogen-bond acceptors (Lipinski definition) is 4. The van der Waals surface area contributed by atoms with Gasteiger partial charge in [-0.1, -0.05) is 30.3 Å². The molecule has 106 valence electrons. The molecule has 5 nitrogen and oxygen atoms in total. The largest absolute Gasteiger partial charge is 0.383 e. The normalized spacial score (nSPS) is 12.1.